The van der Waals surface area contributed by atoms with Crippen molar-refractivity contribution < 1.29 is 8.42 Å². The van der Waals surface area contributed by atoms with E-state index in [-0.39, 0.29) is 22.0 Å². The summed E-state index contributed by atoms with van der Waals surface area (Å²) in [6.07, 6.45) is 5.02. The monoisotopic (exact) mass is 495 g/mol. The van der Waals surface area contributed by atoms with E-state index < -0.39 is 9.84 Å². The molecule has 0 saturated heterocycles. The fourth-order valence-electron chi connectivity index (χ4n) is 4.66. The Morgan fingerprint density at radius 1 is 0.833 bits per heavy atom. The van der Waals surface area contributed by atoms with Crippen LogP contribution < -0.4 is 5.73 Å². The van der Waals surface area contributed by atoms with E-state index in [1.807, 2.05) is 48.7 Å². The van der Waals surface area contributed by atoms with Crippen LogP contribution in [0.1, 0.15) is 30.7 Å². The highest BCUT2D eigenvalue weighted by Gasteiger charge is 2.34. The molecular weight excluding hydrogens is 470 g/mol. The summed E-state index contributed by atoms with van der Waals surface area (Å²) < 4.78 is 27.3. The molecule has 6 rings (SSSR count). The fraction of sp³-hybridized carbons (Fsp3) is 0.179. The minimum absolute atomic E-state index is 0.202. The number of sulfone groups is 1. The molecule has 0 radical (unpaired) electrons. The Morgan fingerprint density at radius 3 is 2.14 bits per heavy atom. The maximum atomic E-state index is 12.9. The average Bonchev–Trinajstić information content (AvgIpc) is 3.28. The topological polar surface area (TPSA) is 103 Å². The first-order valence-corrected chi connectivity index (χ1v) is 13.6. The summed E-state index contributed by atoms with van der Waals surface area (Å²) in [6.45, 7) is 0. The number of fused-ring (bicyclic) bond motifs is 1. The molecule has 1 aliphatic carbocycles. The van der Waals surface area contributed by atoms with Crippen LogP contribution in [0.2, 0.25) is 0 Å². The van der Waals surface area contributed by atoms with Gasteiger partial charge in [0.15, 0.2) is 15.7 Å². The quantitative estimate of drug-likeness (QED) is 0.364. The Labute approximate surface area is 209 Å². The third kappa shape index (κ3) is 4.08. The second kappa shape index (κ2) is 8.65. The van der Waals surface area contributed by atoms with Crippen LogP contribution >= 0.6 is 0 Å². The molecule has 0 bridgehead atoms. The number of hydrogen-bond acceptors (Lipinski definition) is 6. The van der Waals surface area contributed by atoms with Crippen molar-refractivity contribution >= 4 is 15.6 Å². The number of nitrogens with two attached hydrogens (primary N) is 1. The van der Waals surface area contributed by atoms with Crippen molar-refractivity contribution in [2.24, 2.45) is 5.73 Å². The molecule has 0 amide bonds. The van der Waals surface area contributed by atoms with Gasteiger partial charge < -0.3 is 5.73 Å². The first-order valence-electron chi connectivity index (χ1n) is 11.9. The lowest BCUT2D eigenvalue weighted by Gasteiger charge is -2.38. The summed E-state index contributed by atoms with van der Waals surface area (Å²) in [5.41, 5.74) is 11.0. The molecule has 3 aromatic carbocycles. The van der Waals surface area contributed by atoms with Gasteiger partial charge in [0, 0.05) is 22.9 Å². The van der Waals surface area contributed by atoms with Gasteiger partial charge in [-0.25, -0.2) is 17.9 Å². The molecule has 7 nitrogen and oxygen atoms in total. The summed E-state index contributed by atoms with van der Waals surface area (Å²) in [7, 11) is -3.58. The highest BCUT2D eigenvalue weighted by molar-refractivity contribution is 7.90. The van der Waals surface area contributed by atoms with E-state index in [0.717, 1.165) is 47.2 Å². The zero-order valence-corrected chi connectivity index (χ0v) is 20.4. The molecule has 1 aliphatic rings. The van der Waals surface area contributed by atoms with Gasteiger partial charge in [-0.3, -0.25) is 0 Å². The second-order valence-electron chi connectivity index (χ2n) is 9.30. The first-order chi connectivity index (χ1) is 17.4. The number of aromatic nitrogens is 4. The maximum Gasteiger partial charge on any atom is 0.253 e. The standard InChI is InChI=1S/C28H25N5O2S/c29-28(16-7-17-28)22-14-12-21(13-15-22)26-24(20-8-3-1-4-9-20)18-33-27(31-26)30-25(32-33)19-36(34,35)23-10-5-2-6-11-23/h1-6,8-15,18H,7,16-17,19,29H2. The molecule has 2 aromatic heterocycles. The van der Waals surface area contributed by atoms with E-state index in [1.165, 1.54) is 0 Å². The molecule has 36 heavy (non-hydrogen) atoms. The third-order valence-corrected chi connectivity index (χ3v) is 8.49. The van der Waals surface area contributed by atoms with Gasteiger partial charge in [-0.05, 0) is 42.5 Å². The molecule has 180 valence electrons. The smallest absolute Gasteiger partial charge is 0.253 e. The Bertz CT molecular complexity index is 1640. The lowest BCUT2D eigenvalue weighted by Crippen LogP contribution is -2.43. The van der Waals surface area contributed by atoms with Gasteiger partial charge in [0.1, 0.15) is 5.75 Å². The largest absolute Gasteiger partial charge is 0.321 e. The van der Waals surface area contributed by atoms with E-state index in [0.29, 0.717) is 5.78 Å². The van der Waals surface area contributed by atoms with Crippen molar-refractivity contribution in [1.82, 2.24) is 19.6 Å². The van der Waals surface area contributed by atoms with Crippen molar-refractivity contribution in [3.05, 3.63) is 103 Å². The lowest BCUT2D eigenvalue weighted by atomic mass is 9.72. The van der Waals surface area contributed by atoms with Crippen LogP contribution in [0, 0.1) is 0 Å². The van der Waals surface area contributed by atoms with Crippen LogP contribution in [0.4, 0.5) is 0 Å². The van der Waals surface area contributed by atoms with E-state index in [4.69, 9.17) is 10.7 Å². The van der Waals surface area contributed by atoms with Crippen LogP contribution in [0.5, 0.6) is 0 Å². The maximum absolute atomic E-state index is 12.9. The van der Waals surface area contributed by atoms with Crippen LogP contribution in [0.3, 0.4) is 0 Å². The van der Waals surface area contributed by atoms with Crippen LogP contribution in [-0.2, 0) is 21.1 Å². The van der Waals surface area contributed by atoms with Crippen molar-refractivity contribution in [2.75, 3.05) is 0 Å². The summed E-state index contributed by atoms with van der Waals surface area (Å²) in [4.78, 5) is 9.54. The molecule has 2 heterocycles. The van der Waals surface area contributed by atoms with Crippen molar-refractivity contribution in [1.29, 1.82) is 0 Å². The normalized spacial score (nSPS) is 15.0. The molecule has 0 spiro atoms. The van der Waals surface area contributed by atoms with Gasteiger partial charge in [-0.1, -0.05) is 72.8 Å². The molecule has 0 aliphatic heterocycles. The molecular formula is C28H25N5O2S. The van der Waals surface area contributed by atoms with Gasteiger partial charge in [0.2, 0.25) is 0 Å². The van der Waals surface area contributed by atoms with Gasteiger partial charge in [-0.15, -0.1) is 5.10 Å². The van der Waals surface area contributed by atoms with E-state index in [9.17, 15) is 8.42 Å². The predicted molar refractivity (Wildman–Crippen MR) is 139 cm³/mol. The zero-order valence-electron chi connectivity index (χ0n) is 19.6. The fourth-order valence-corrected chi connectivity index (χ4v) is 5.86. The van der Waals surface area contributed by atoms with Gasteiger partial charge in [0.05, 0.1) is 10.6 Å². The lowest BCUT2D eigenvalue weighted by molar-refractivity contribution is 0.253. The van der Waals surface area contributed by atoms with Crippen molar-refractivity contribution in [2.45, 2.75) is 35.4 Å². The summed E-state index contributed by atoms with van der Waals surface area (Å²) in [5.74, 6) is 0.248. The number of benzene rings is 3. The Kier molecular flexibility index (Phi) is 5.43. The van der Waals surface area contributed by atoms with Gasteiger partial charge >= 0.3 is 0 Å². The Hall–Kier alpha value is -3.88. The summed E-state index contributed by atoms with van der Waals surface area (Å²) in [5, 5.41) is 4.46. The molecule has 5 aromatic rings. The van der Waals surface area contributed by atoms with Crippen LogP contribution in [0.25, 0.3) is 28.2 Å². The number of nitrogens with zero attached hydrogens (tertiary/aromatic N) is 4. The van der Waals surface area contributed by atoms with Crippen LogP contribution in [-0.4, -0.2) is 28.0 Å². The third-order valence-electron chi connectivity index (χ3n) is 6.86. The van der Waals surface area contributed by atoms with Gasteiger partial charge in [-0.2, -0.15) is 4.98 Å². The van der Waals surface area contributed by atoms with Crippen molar-refractivity contribution in [3.63, 3.8) is 0 Å². The highest BCUT2D eigenvalue weighted by Crippen LogP contribution is 2.39. The molecule has 0 atom stereocenters. The average molecular weight is 496 g/mol. The van der Waals surface area contributed by atoms with E-state index in [2.05, 4.69) is 22.2 Å². The number of rotatable bonds is 6. The predicted octanol–water partition coefficient (Wildman–Crippen LogP) is 4.77. The Morgan fingerprint density at radius 2 is 1.50 bits per heavy atom. The molecule has 0 unspecified atom stereocenters. The Balaban J connectivity index is 1.43. The summed E-state index contributed by atoms with van der Waals surface area (Å²) in [6, 6.07) is 26.5. The SMILES string of the molecule is NC1(c2ccc(-c3nc4nc(CS(=O)(=O)c5ccccc5)nn4cc3-c3ccccc3)cc2)CCC1. The van der Waals surface area contributed by atoms with Crippen molar-refractivity contribution in [3.8, 4) is 22.4 Å². The minimum Gasteiger partial charge on any atom is -0.321 e. The minimum atomic E-state index is -3.58. The molecule has 1 fully saturated rings. The molecule has 1 saturated carbocycles. The van der Waals surface area contributed by atoms with E-state index >= 15 is 0 Å². The molecule has 2 N–H and O–H groups in total. The first kappa shape index (κ1) is 22.6. The molecule has 8 heteroatoms. The summed E-state index contributed by atoms with van der Waals surface area (Å²) >= 11 is 0. The zero-order chi connectivity index (χ0) is 24.8. The highest BCUT2D eigenvalue weighted by atomic mass is 32.2. The number of hydrogen-bond donors (Lipinski definition) is 1. The van der Waals surface area contributed by atoms with Crippen LogP contribution in [0.15, 0.2) is 96.0 Å². The second-order valence-corrected chi connectivity index (χ2v) is 11.3. The van der Waals surface area contributed by atoms with E-state index in [1.54, 1.807) is 34.8 Å². The van der Waals surface area contributed by atoms with Gasteiger partial charge in [0.25, 0.3) is 5.78 Å².